The van der Waals surface area contributed by atoms with Crippen LogP contribution < -0.4 is 5.32 Å². The van der Waals surface area contributed by atoms with Gasteiger partial charge in [0.15, 0.2) is 0 Å². The minimum absolute atomic E-state index is 0.144. The molecule has 5 heteroatoms. The molecule has 0 spiro atoms. The third-order valence-electron chi connectivity index (χ3n) is 3.82. The van der Waals surface area contributed by atoms with Crippen molar-refractivity contribution in [2.75, 3.05) is 7.05 Å². The molecule has 0 aromatic heterocycles. The Morgan fingerprint density at radius 1 is 1.26 bits per heavy atom. The van der Waals surface area contributed by atoms with Crippen LogP contribution in [0.15, 0.2) is 23.1 Å². The molecule has 1 saturated carbocycles. The Labute approximate surface area is 127 Å². The van der Waals surface area contributed by atoms with Crippen molar-refractivity contribution in [2.45, 2.75) is 42.4 Å². The van der Waals surface area contributed by atoms with Gasteiger partial charge in [0.1, 0.15) is 0 Å². The van der Waals surface area contributed by atoms with Gasteiger partial charge in [-0.1, -0.05) is 30.1 Å². The van der Waals surface area contributed by atoms with E-state index in [1.54, 1.807) is 12.1 Å². The molecule has 2 rings (SSSR count). The van der Waals surface area contributed by atoms with Crippen LogP contribution >= 0.6 is 23.2 Å². The summed E-state index contributed by atoms with van der Waals surface area (Å²) in [5.41, 5.74) is 0. The third kappa shape index (κ3) is 3.52. The highest BCUT2D eigenvalue weighted by molar-refractivity contribution is 7.85. The van der Waals surface area contributed by atoms with Crippen molar-refractivity contribution in [1.29, 1.82) is 0 Å². The summed E-state index contributed by atoms with van der Waals surface area (Å²) in [5, 5.41) is 4.42. The maximum absolute atomic E-state index is 12.7. The normalized spacial score (nSPS) is 29.2. The average Bonchev–Trinajstić information content (AvgIpc) is 2.41. The SMILES string of the molecule is CNC1CCC(C)CC1S(=O)c1ccc(Cl)c(Cl)c1. The van der Waals surface area contributed by atoms with Gasteiger partial charge in [-0.2, -0.15) is 0 Å². The van der Waals surface area contributed by atoms with E-state index < -0.39 is 10.8 Å². The smallest absolute Gasteiger partial charge is 0.0604 e. The highest BCUT2D eigenvalue weighted by atomic mass is 35.5. The predicted octanol–water partition coefficient (Wildman–Crippen LogP) is 3.88. The topological polar surface area (TPSA) is 29.1 Å². The fourth-order valence-electron chi connectivity index (χ4n) is 2.67. The lowest BCUT2D eigenvalue weighted by Crippen LogP contribution is -2.44. The first kappa shape index (κ1) is 15.3. The molecule has 1 aliphatic carbocycles. The quantitative estimate of drug-likeness (QED) is 0.916. The maximum atomic E-state index is 12.7. The highest BCUT2D eigenvalue weighted by Gasteiger charge is 2.32. The molecule has 0 bridgehead atoms. The predicted molar refractivity (Wildman–Crippen MR) is 82.5 cm³/mol. The first-order valence-corrected chi connectivity index (χ1v) is 8.52. The molecule has 1 N–H and O–H groups in total. The van der Waals surface area contributed by atoms with Crippen LogP contribution in [0.4, 0.5) is 0 Å². The number of nitrogens with one attached hydrogen (secondary N) is 1. The van der Waals surface area contributed by atoms with Crippen molar-refractivity contribution in [1.82, 2.24) is 5.32 Å². The number of hydrogen-bond donors (Lipinski definition) is 1. The van der Waals surface area contributed by atoms with Gasteiger partial charge in [0.05, 0.1) is 26.1 Å². The lowest BCUT2D eigenvalue weighted by Gasteiger charge is -2.34. The standard InChI is InChI=1S/C14H19Cl2NOS/c1-9-3-6-13(17-2)14(7-9)19(18)10-4-5-11(15)12(16)8-10/h4-5,8-9,13-14,17H,3,6-7H2,1-2H3. The lowest BCUT2D eigenvalue weighted by molar-refractivity contribution is 0.325. The van der Waals surface area contributed by atoms with E-state index in [1.807, 2.05) is 13.1 Å². The van der Waals surface area contributed by atoms with Crippen LogP contribution in [0.3, 0.4) is 0 Å². The Morgan fingerprint density at radius 2 is 2.00 bits per heavy atom. The zero-order valence-electron chi connectivity index (χ0n) is 11.2. The lowest BCUT2D eigenvalue weighted by atomic mass is 9.87. The van der Waals surface area contributed by atoms with Gasteiger partial charge in [0, 0.05) is 10.9 Å². The molecule has 4 unspecified atom stereocenters. The largest absolute Gasteiger partial charge is 0.316 e. The summed E-state index contributed by atoms with van der Waals surface area (Å²) >= 11 is 11.9. The summed E-state index contributed by atoms with van der Waals surface area (Å²) in [6.07, 6.45) is 3.26. The van der Waals surface area contributed by atoms with Crippen molar-refractivity contribution in [3.05, 3.63) is 28.2 Å². The van der Waals surface area contributed by atoms with Crippen molar-refractivity contribution < 1.29 is 4.21 Å². The van der Waals surface area contributed by atoms with Crippen LogP contribution in [-0.2, 0) is 10.8 Å². The molecule has 0 aliphatic heterocycles. The molecule has 4 atom stereocenters. The minimum atomic E-state index is -1.04. The van der Waals surface area contributed by atoms with E-state index in [9.17, 15) is 4.21 Å². The van der Waals surface area contributed by atoms with E-state index in [0.29, 0.717) is 22.0 Å². The summed E-state index contributed by atoms with van der Waals surface area (Å²) in [5.74, 6) is 0.626. The Kier molecular flexibility index (Phi) is 5.29. The van der Waals surface area contributed by atoms with Crippen LogP contribution in [0, 0.1) is 5.92 Å². The van der Waals surface area contributed by atoms with Crippen LogP contribution in [-0.4, -0.2) is 22.5 Å². The van der Waals surface area contributed by atoms with Gasteiger partial charge in [-0.15, -0.1) is 0 Å². The summed E-state index contributed by atoms with van der Waals surface area (Å²) in [6.45, 7) is 2.23. The van der Waals surface area contributed by atoms with E-state index >= 15 is 0 Å². The van der Waals surface area contributed by atoms with E-state index in [1.165, 1.54) is 6.42 Å². The molecular weight excluding hydrogens is 301 g/mol. The van der Waals surface area contributed by atoms with Gasteiger partial charge in [0.25, 0.3) is 0 Å². The first-order chi connectivity index (χ1) is 9.02. The number of benzene rings is 1. The number of halogens is 2. The second-order valence-corrected chi connectivity index (χ2v) is 7.71. The van der Waals surface area contributed by atoms with E-state index in [4.69, 9.17) is 23.2 Å². The van der Waals surface area contributed by atoms with Crippen LogP contribution in [0.1, 0.15) is 26.2 Å². The molecular formula is C14H19Cl2NOS. The van der Waals surface area contributed by atoms with Gasteiger partial charge < -0.3 is 5.32 Å². The van der Waals surface area contributed by atoms with Gasteiger partial charge >= 0.3 is 0 Å². The van der Waals surface area contributed by atoms with Crippen molar-refractivity contribution in [3.63, 3.8) is 0 Å². The second kappa shape index (κ2) is 6.57. The molecule has 1 aromatic carbocycles. The van der Waals surface area contributed by atoms with Gasteiger partial charge in [-0.3, -0.25) is 4.21 Å². The zero-order valence-corrected chi connectivity index (χ0v) is 13.5. The Balaban J connectivity index is 2.23. The Hall–Kier alpha value is -0.0900. The molecule has 106 valence electrons. The van der Waals surface area contributed by atoms with E-state index in [0.717, 1.165) is 17.7 Å². The van der Waals surface area contributed by atoms with Crippen molar-refractivity contribution in [2.24, 2.45) is 5.92 Å². The molecule has 1 aromatic rings. The maximum Gasteiger partial charge on any atom is 0.0604 e. The third-order valence-corrected chi connectivity index (χ3v) is 6.35. The van der Waals surface area contributed by atoms with Crippen LogP contribution in [0.25, 0.3) is 0 Å². The molecule has 0 heterocycles. The summed E-state index contributed by atoms with van der Waals surface area (Å²) in [4.78, 5) is 0.772. The molecule has 1 aliphatic rings. The van der Waals surface area contributed by atoms with Crippen LogP contribution in [0.5, 0.6) is 0 Å². The van der Waals surface area contributed by atoms with E-state index in [-0.39, 0.29) is 5.25 Å². The molecule has 19 heavy (non-hydrogen) atoms. The monoisotopic (exact) mass is 319 g/mol. The van der Waals surface area contributed by atoms with Crippen LogP contribution in [0.2, 0.25) is 10.0 Å². The average molecular weight is 320 g/mol. The Bertz CT molecular complexity index is 481. The molecule has 0 radical (unpaired) electrons. The molecule has 1 fully saturated rings. The summed E-state index contributed by atoms with van der Waals surface area (Å²) in [6, 6.07) is 5.58. The van der Waals surface area contributed by atoms with Gasteiger partial charge in [0.2, 0.25) is 0 Å². The first-order valence-electron chi connectivity index (χ1n) is 6.55. The van der Waals surface area contributed by atoms with E-state index in [2.05, 4.69) is 12.2 Å². The minimum Gasteiger partial charge on any atom is -0.316 e. The summed E-state index contributed by atoms with van der Waals surface area (Å²) < 4.78 is 12.7. The highest BCUT2D eigenvalue weighted by Crippen LogP contribution is 2.32. The fraction of sp³-hybridized carbons (Fsp3) is 0.571. The summed E-state index contributed by atoms with van der Waals surface area (Å²) in [7, 11) is 0.900. The van der Waals surface area contributed by atoms with Crippen molar-refractivity contribution in [3.8, 4) is 0 Å². The number of hydrogen-bond acceptors (Lipinski definition) is 2. The van der Waals surface area contributed by atoms with Crippen molar-refractivity contribution >= 4 is 34.0 Å². The van der Waals surface area contributed by atoms with Gasteiger partial charge in [-0.05, 0) is 50.4 Å². The van der Waals surface area contributed by atoms with Gasteiger partial charge in [-0.25, -0.2) is 0 Å². The second-order valence-electron chi connectivity index (χ2n) is 5.23. The molecule has 2 nitrogen and oxygen atoms in total. The molecule has 0 saturated heterocycles. The molecule has 0 amide bonds. The fourth-order valence-corrected chi connectivity index (χ4v) is 4.89. The number of rotatable bonds is 3. The zero-order chi connectivity index (χ0) is 14.0. The Morgan fingerprint density at radius 3 is 2.63 bits per heavy atom.